The summed E-state index contributed by atoms with van der Waals surface area (Å²) in [5.41, 5.74) is 4.45. The van der Waals surface area contributed by atoms with E-state index >= 15 is 0 Å². The summed E-state index contributed by atoms with van der Waals surface area (Å²) in [7, 11) is 0. The molecule has 4 aromatic rings. The van der Waals surface area contributed by atoms with Crippen LogP contribution in [0.15, 0.2) is 127 Å². The van der Waals surface area contributed by atoms with Crippen molar-refractivity contribution in [1.82, 2.24) is 0 Å². The lowest BCUT2D eigenvalue weighted by atomic mass is 10.1. The molecule has 0 saturated carbocycles. The molecule has 0 aliphatic rings. The Balaban J connectivity index is 1.58. The molecule has 37 heavy (non-hydrogen) atoms. The summed E-state index contributed by atoms with van der Waals surface area (Å²) in [6.45, 7) is 1.44. The SMILES string of the molecule is BrC[C@@H](OCc1ccccc1)[C@H](OCc1ccccc1)[C@@H](/C=C/c1ccccc1)OCc1ccccc1. The van der Waals surface area contributed by atoms with E-state index < -0.39 is 0 Å². The molecule has 0 N–H and O–H groups in total. The molecular formula is C33H33BrO3. The first-order valence-corrected chi connectivity index (χ1v) is 13.7. The van der Waals surface area contributed by atoms with Crippen LogP contribution in [0.3, 0.4) is 0 Å². The van der Waals surface area contributed by atoms with Gasteiger partial charge in [-0.25, -0.2) is 0 Å². The van der Waals surface area contributed by atoms with Gasteiger partial charge in [0.05, 0.1) is 25.9 Å². The zero-order valence-corrected chi connectivity index (χ0v) is 22.5. The van der Waals surface area contributed by atoms with Gasteiger partial charge in [0, 0.05) is 5.33 Å². The summed E-state index contributed by atoms with van der Waals surface area (Å²) in [5.74, 6) is 0. The highest BCUT2D eigenvalue weighted by molar-refractivity contribution is 9.09. The van der Waals surface area contributed by atoms with Crippen LogP contribution in [0.5, 0.6) is 0 Å². The van der Waals surface area contributed by atoms with Gasteiger partial charge in [-0.05, 0) is 22.3 Å². The van der Waals surface area contributed by atoms with Crippen molar-refractivity contribution in [3.05, 3.63) is 150 Å². The molecule has 0 heterocycles. The van der Waals surface area contributed by atoms with E-state index in [1.54, 1.807) is 0 Å². The number of ether oxygens (including phenoxy) is 3. The first-order valence-electron chi connectivity index (χ1n) is 12.6. The minimum absolute atomic E-state index is 0.231. The van der Waals surface area contributed by atoms with Crippen molar-refractivity contribution < 1.29 is 14.2 Å². The number of benzene rings is 4. The number of alkyl halides is 1. The fourth-order valence-electron chi connectivity index (χ4n) is 3.98. The Bertz CT molecular complexity index is 1170. The molecule has 190 valence electrons. The molecule has 0 amide bonds. The Labute approximate surface area is 228 Å². The van der Waals surface area contributed by atoms with Crippen LogP contribution in [0.25, 0.3) is 6.08 Å². The van der Waals surface area contributed by atoms with E-state index in [1.165, 1.54) is 0 Å². The van der Waals surface area contributed by atoms with Crippen LogP contribution >= 0.6 is 15.9 Å². The van der Waals surface area contributed by atoms with Crippen LogP contribution < -0.4 is 0 Å². The van der Waals surface area contributed by atoms with E-state index in [0.717, 1.165) is 22.3 Å². The van der Waals surface area contributed by atoms with E-state index in [2.05, 4.69) is 76.6 Å². The summed E-state index contributed by atoms with van der Waals surface area (Å²) in [5, 5.41) is 0.615. The van der Waals surface area contributed by atoms with E-state index in [-0.39, 0.29) is 18.3 Å². The predicted molar refractivity (Wildman–Crippen MR) is 154 cm³/mol. The van der Waals surface area contributed by atoms with E-state index in [4.69, 9.17) is 14.2 Å². The lowest BCUT2D eigenvalue weighted by Crippen LogP contribution is -2.42. The van der Waals surface area contributed by atoms with Gasteiger partial charge in [0.2, 0.25) is 0 Å². The third-order valence-corrected chi connectivity index (χ3v) is 6.64. The molecule has 3 nitrogen and oxygen atoms in total. The van der Waals surface area contributed by atoms with Crippen LogP contribution in [0, 0.1) is 0 Å². The molecule has 0 fully saturated rings. The number of rotatable bonds is 14. The van der Waals surface area contributed by atoms with Gasteiger partial charge in [-0.3, -0.25) is 0 Å². The Morgan fingerprint density at radius 1 is 0.541 bits per heavy atom. The van der Waals surface area contributed by atoms with Gasteiger partial charge in [-0.15, -0.1) is 0 Å². The molecule has 3 atom stereocenters. The predicted octanol–water partition coefficient (Wildman–Crippen LogP) is 7.85. The standard InChI is InChI=1S/C33H33BrO3/c34-23-32(36-25-29-17-9-3-10-18-29)33(37-26-30-19-11-4-12-20-30)31(22-21-27-13-5-1-6-14-27)35-24-28-15-7-2-8-16-28/h1-22,31-33H,23-26H2/b22-21+/t31-,32-,33-/m1/s1. The summed E-state index contributed by atoms with van der Waals surface area (Å²) in [6.07, 6.45) is 3.28. The van der Waals surface area contributed by atoms with Crippen molar-refractivity contribution in [3.8, 4) is 0 Å². The Morgan fingerprint density at radius 3 is 1.46 bits per heavy atom. The Kier molecular flexibility index (Phi) is 11.2. The average molecular weight is 558 g/mol. The maximum absolute atomic E-state index is 6.58. The van der Waals surface area contributed by atoms with Gasteiger partial charge in [-0.2, -0.15) is 0 Å². The van der Waals surface area contributed by atoms with E-state index in [1.807, 2.05) is 72.8 Å². The van der Waals surface area contributed by atoms with Crippen LogP contribution in [0.1, 0.15) is 22.3 Å². The molecule has 0 saturated heterocycles. The molecular weight excluding hydrogens is 524 g/mol. The molecule has 4 rings (SSSR count). The van der Waals surface area contributed by atoms with Crippen molar-refractivity contribution in [1.29, 1.82) is 0 Å². The first kappa shape index (κ1) is 27.0. The first-order chi connectivity index (χ1) is 18.3. The van der Waals surface area contributed by atoms with Crippen LogP contribution in [0.2, 0.25) is 0 Å². The fourth-order valence-corrected chi connectivity index (χ4v) is 4.54. The quantitative estimate of drug-likeness (QED) is 0.148. The number of hydrogen-bond acceptors (Lipinski definition) is 3. The van der Waals surface area contributed by atoms with Crippen LogP contribution in [-0.2, 0) is 34.0 Å². The molecule has 0 unspecified atom stereocenters. The van der Waals surface area contributed by atoms with Gasteiger partial charge in [0.25, 0.3) is 0 Å². The summed E-state index contributed by atoms with van der Waals surface area (Å²) < 4.78 is 19.5. The zero-order chi connectivity index (χ0) is 25.5. The maximum Gasteiger partial charge on any atom is 0.115 e. The highest BCUT2D eigenvalue weighted by Gasteiger charge is 2.30. The highest BCUT2D eigenvalue weighted by atomic mass is 79.9. The van der Waals surface area contributed by atoms with Gasteiger partial charge in [-0.1, -0.05) is 149 Å². The Morgan fingerprint density at radius 2 is 0.973 bits per heavy atom. The summed E-state index contributed by atoms with van der Waals surface area (Å²) in [6, 6.07) is 40.9. The smallest absolute Gasteiger partial charge is 0.115 e. The minimum atomic E-state index is -0.341. The fraction of sp³-hybridized carbons (Fsp3) is 0.212. The van der Waals surface area contributed by atoms with Crippen molar-refractivity contribution in [2.45, 2.75) is 38.1 Å². The van der Waals surface area contributed by atoms with Gasteiger partial charge < -0.3 is 14.2 Å². The maximum atomic E-state index is 6.58. The molecule has 4 heteroatoms. The number of halogens is 1. The van der Waals surface area contributed by atoms with Crippen molar-refractivity contribution in [3.63, 3.8) is 0 Å². The van der Waals surface area contributed by atoms with Crippen molar-refractivity contribution in [2.24, 2.45) is 0 Å². The largest absolute Gasteiger partial charge is 0.370 e. The normalized spacial score (nSPS) is 13.9. The van der Waals surface area contributed by atoms with Gasteiger partial charge >= 0.3 is 0 Å². The molecule has 0 aliphatic heterocycles. The second-order valence-corrected chi connectivity index (χ2v) is 9.43. The van der Waals surface area contributed by atoms with Gasteiger partial charge in [0.15, 0.2) is 0 Å². The molecule has 4 aromatic carbocycles. The van der Waals surface area contributed by atoms with Crippen LogP contribution in [-0.4, -0.2) is 23.6 Å². The zero-order valence-electron chi connectivity index (χ0n) is 20.9. The summed E-state index contributed by atoms with van der Waals surface area (Å²) in [4.78, 5) is 0. The van der Waals surface area contributed by atoms with Crippen molar-refractivity contribution >= 4 is 22.0 Å². The molecule has 0 radical (unpaired) electrons. The van der Waals surface area contributed by atoms with E-state index in [0.29, 0.717) is 25.2 Å². The minimum Gasteiger partial charge on any atom is -0.370 e. The monoisotopic (exact) mass is 556 g/mol. The highest BCUT2D eigenvalue weighted by Crippen LogP contribution is 2.21. The Hall–Kier alpha value is -3.02. The lowest BCUT2D eigenvalue weighted by molar-refractivity contribution is -0.130. The average Bonchev–Trinajstić information content (AvgIpc) is 2.97. The lowest BCUT2D eigenvalue weighted by Gasteiger charge is -2.32. The third-order valence-electron chi connectivity index (χ3n) is 6.00. The van der Waals surface area contributed by atoms with Crippen LogP contribution in [0.4, 0.5) is 0 Å². The molecule has 0 bridgehead atoms. The molecule has 0 aliphatic carbocycles. The van der Waals surface area contributed by atoms with Crippen molar-refractivity contribution in [2.75, 3.05) is 5.33 Å². The van der Waals surface area contributed by atoms with E-state index in [9.17, 15) is 0 Å². The second kappa shape index (κ2) is 15.3. The topological polar surface area (TPSA) is 27.7 Å². The molecule has 0 aromatic heterocycles. The number of hydrogen-bond donors (Lipinski definition) is 0. The summed E-state index contributed by atoms with van der Waals surface area (Å²) >= 11 is 3.69. The molecule has 0 spiro atoms. The van der Waals surface area contributed by atoms with Gasteiger partial charge in [0.1, 0.15) is 12.2 Å². The second-order valence-electron chi connectivity index (χ2n) is 8.78. The third kappa shape index (κ3) is 9.10.